The molecule has 0 saturated carbocycles. The second-order valence-electron chi connectivity index (χ2n) is 6.60. The lowest BCUT2D eigenvalue weighted by atomic mass is 10.1. The Hall–Kier alpha value is -2.83. The minimum atomic E-state index is -0.442. The number of aromatic nitrogens is 2. The van der Waals surface area contributed by atoms with Crippen molar-refractivity contribution in [3.05, 3.63) is 47.8 Å². The van der Waals surface area contributed by atoms with E-state index in [1.54, 1.807) is 10.9 Å². The first-order valence-electron chi connectivity index (χ1n) is 8.16. The Bertz CT molecular complexity index is 747. The van der Waals surface area contributed by atoms with Crippen molar-refractivity contribution in [2.24, 2.45) is 0 Å². The van der Waals surface area contributed by atoms with E-state index in [9.17, 15) is 9.59 Å². The quantitative estimate of drug-likeness (QED) is 0.813. The van der Waals surface area contributed by atoms with Gasteiger partial charge in [0.05, 0.1) is 17.3 Å². The predicted octanol–water partition coefficient (Wildman–Crippen LogP) is 2.04. The summed E-state index contributed by atoms with van der Waals surface area (Å²) in [4.78, 5) is 23.9. The van der Waals surface area contributed by atoms with Crippen LogP contribution in [-0.2, 0) is 16.8 Å². The van der Waals surface area contributed by atoms with Crippen LogP contribution in [0.1, 0.15) is 43.6 Å². The number of rotatable bonds is 5. The zero-order chi connectivity index (χ0) is 18.4. The second kappa shape index (κ2) is 7.83. The van der Waals surface area contributed by atoms with Gasteiger partial charge in [0.2, 0.25) is 0 Å². The predicted molar refractivity (Wildman–Crippen MR) is 94.1 cm³/mol. The van der Waals surface area contributed by atoms with E-state index in [0.29, 0.717) is 11.3 Å². The molecular weight excluding hydrogens is 320 g/mol. The Kier molecular flexibility index (Phi) is 5.80. The number of amides is 2. The van der Waals surface area contributed by atoms with Crippen LogP contribution in [0.15, 0.2) is 36.7 Å². The summed E-state index contributed by atoms with van der Waals surface area (Å²) in [6.45, 7) is 7.78. The molecule has 2 amide bonds. The molecule has 25 heavy (non-hydrogen) atoms. The van der Waals surface area contributed by atoms with Crippen molar-refractivity contribution in [2.45, 2.75) is 39.7 Å². The van der Waals surface area contributed by atoms with Crippen LogP contribution < -0.4 is 15.6 Å². The minimum Gasteiger partial charge on any atom is -0.483 e. The van der Waals surface area contributed by atoms with Crippen molar-refractivity contribution >= 4 is 11.8 Å². The van der Waals surface area contributed by atoms with Crippen molar-refractivity contribution in [3.63, 3.8) is 0 Å². The van der Waals surface area contributed by atoms with Gasteiger partial charge in [-0.15, -0.1) is 0 Å². The van der Waals surface area contributed by atoms with Gasteiger partial charge in [0.25, 0.3) is 11.8 Å². The molecule has 2 rings (SSSR count). The Morgan fingerprint density at radius 3 is 2.56 bits per heavy atom. The van der Waals surface area contributed by atoms with E-state index in [1.807, 2.05) is 52.0 Å². The number of hydrazine groups is 1. The van der Waals surface area contributed by atoms with Gasteiger partial charge in [-0.25, -0.2) is 0 Å². The molecule has 1 heterocycles. The molecule has 0 aliphatic rings. The van der Waals surface area contributed by atoms with Crippen LogP contribution in [-0.4, -0.2) is 28.2 Å². The molecule has 7 heteroatoms. The van der Waals surface area contributed by atoms with E-state index in [4.69, 9.17) is 4.74 Å². The van der Waals surface area contributed by atoms with Crippen LogP contribution in [0.2, 0.25) is 0 Å². The third-order valence-corrected chi connectivity index (χ3v) is 3.56. The average molecular weight is 344 g/mol. The largest absolute Gasteiger partial charge is 0.483 e. The lowest BCUT2D eigenvalue weighted by molar-refractivity contribution is -0.123. The molecule has 0 atom stereocenters. The van der Waals surface area contributed by atoms with E-state index < -0.39 is 11.8 Å². The first kappa shape index (κ1) is 18.5. The number of carbonyl (C=O) groups is 2. The highest BCUT2D eigenvalue weighted by atomic mass is 16.5. The van der Waals surface area contributed by atoms with Crippen molar-refractivity contribution in [2.75, 3.05) is 6.61 Å². The van der Waals surface area contributed by atoms with Gasteiger partial charge in [-0.3, -0.25) is 25.1 Å². The molecule has 0 fully saturated rings. The molecule has 7 nitrogen and oxygen atoms in total. The molecule has 2 N–H and O–H groups in total. The molecule has 0 aliphatic carbocycles. The first-order chi connectivity index (χ1) is 11.8. The molecule has 0 saturated heterocycles. The summed E-state index contributed by atoms with van der Waals surface area (Å²) >= 11 is 0. The summed E-state index contributed by atoms with van der Waals surface area (Å²) in [5, 5.41) is 4.15. The fourth-order valence-corrected chi connectivity index (χ4v) is 2.12. The number of para-hydroxylation sites is 1. The average Bonchev–Trinajstić information content (AvgIpc) is 3.08. The molecule has 0 spiro atoms. The molecule has 0 unspecified atom stereocenters. The van der Waals surface area contributed by atoms with E-state index in [1.165, 1.54) is 6.20 Å². The van der Waals surface area contributed by atoms with Crippen LogP contribution >= 0.6 is 0 Å². The fourth-order valence-electron chi connectivity index (χ4n) is 2.12. The topological polar surface area (TPSA) is 85.2 Å². The number of benzene rings is 1. The number of carbonyl (C=O) groups excluding carboxylic acids is 2. The summed E-state index contributed by atoms with van der Waals surface area (Å²) in [6.07, 6.45) is 3.91. The Labute approximate surface area is 147 Å². The fraction of sp³-hybridized carbons (Fsp3) is 0.389. The zero-order valence-corrected chi connectivity index (χ0v) is 15.0. The van der Waals surface area contributed by atoms with Gasteiger partial charge in [-0.2, -0.15) is 5.10 Å². The normalized spacial score (nSPS) is 11.0. The van der Waals surface area contributed by atoms with Crippen LogP contribution in [0.4, 0.5) is 0 Å². The van der Waals surface area contributed by atoms with Crippen molar-refractivity contribution in [1.29, 1.82) is 0 Å². The summed E-state index contributed by atoms with van der Waals surface area (Å²) in [7, 11) is 0. The van der Waals surface area contributed by atoms with E-state index in [0.717, 1.165) is 12.0 Å². The van der Waals surface area contributed by atoms with Gasteiger partial charge in [-0.05, 0) is 38.8 Å². The number of nitrogens with zero attached hydrogens (tertiary/aromatic N) is 2. The van der Waals surface area contributed by atoms with E-state index >= 15 is 0 Å². The second-order valence-corrected chi connectivity index (χ2v) is 6.60. The molecular formula is C18H24N4O3. The molecule has 1 aromatic carbocycles. The Morgan fingerprint density at radius 1 is 1.20 bits per heavy atom. The summed E-state index contributed by atoms with van der Waals surface area (Å²) < 4.78 is 7.19. The molecule has 0 radical (unpaired) electrons. The van der Waals surface area contributed by atoms with Gasteiger partial charge in [-0.1, -0.05) is 25.1 Å². The maximum atomic E-state index is 12.0. The number of aryl methyl sites for hydroxylation is 1. The number of nitrogens with one attached hydrogen (secondary N) is 2. The minimum absolute atomic E-state index is 0.182. The lowest BCUT2D eigenvalue weighted by Gasteiger charge is -2.18. The standard InChI is InChI=1S/C18H24N4O3/c1-5-13-8-6-7-9-15(13)25-12-16(23)20-21-17(24)14-10-19-22(11-14)18(2,3)4/h6-11H,5,12H2,1-4H3,(H,20,23)(H,21,24). The highest BCUT2D eigenvalue weighted by Gasteiger charge is 2.17. The number of hydrogen-bond donors (Lipinski definition) is 2. The monoisotopic (exact) mass is 344 g/mol. The van der Waals surface area contributed by atoms with Crippen LogP contribution in [0.3, 0.4) is 0 Å². The number of hydrogen-bond acceptors (Lipinski definition) is 4. The van der Waals surface area contributed by atoms with Crippen LogP contribution in [0, 0.1) is 0 Å². The van der Waals surface area contributed by atoms with Crippen molar-refractivity contribution in [1.82, 2.24) is 20.6 Å². The van der Waals surface area contributed by atoms with E-state index in [2.05, 4.69) is 16.0 Å². The molecule has 134 valence electrons. The molecule has 0 bridgehead atoms. The zero-order valence-electron chi connectivity index (χ0n) is 15.0. The Balaban J connectivity index is 1.83. The molecule has 2 aromatic rings. The summed E-state index contributed by atoms with van der Waals surface area (Å²) in [5.41, 5.74) is 5.86. The highest BCUT2D eigenvalue weighted by Crippen LogP contribution is 2.18. The maximum Gasteiger partial charge on any atom is 0.276 e. The lowest BCUT2D eigenvalue weighted by Crippen LogP contribution is -2.43. The van der Waals surface area contributed by atoms with Crippen LogP contribution in [0.5, 0.6) is 5.75 Å². The van der Waals surface area contributed by atoms with E-state index in [-0.39, 0.29) is 12.1 Å². The number of ether oxygens (including phenoxy) is 1. The first-order valence-corrected chi connectivity index (χ1v) is 8.16. The third-order valence-electron chi connectivity index (χ3n) is 3.56. The molecule has 1 aromatic heterocycles. The van der Waals surface area contributed by atoms with Gasteiger partial charge < -0.3 is 4.74 Å². The van der Waals surface area contributed by atoms with Crippen molar-refractivity contribution < 1.29 is 14.3 Å². The summed E-state index contributed by atoms with van der Waals surface area (Å²) in [6, 6.07) is 7.53. The third kappa shape index (κ3) is 5.07. The van der Waals surface area contributed by atoms with Gasteiger partial charge in [0, 0.05) is 6.20 Å². The van der Waals surface area contributed by atoms with Gasteiger partial charge in [0.15, 0.2) is 6.61 Å². The SMILES string of the molecule is CCc1ccccc1OCC(=O)NNC(=O)c1cnn(C(C)(C)C)c1. The smallest absolute Gasteiger partial charge is 0.276 e. The van der Waals surface area contributed by atoms with Gasteiger partial charge >= 0.3 is 0 Å². The van der Waals surface area contributed by atoms with Crippen molar-refractivity contribution in [3.8, 4) is 5.75 Å². The highest BCUT2D eigenvalue weighted by molar-refractivity contribution is 5.95. The summed E-state index contributed by atoms with van der Waals surface area (Å²) in [5.74, 6) is -0.210. The van der Waals surface area contributed by atoms with Gasteiger partial charge in [0.1, 0.15) is 5.75 Å². The Morgan fingerprint density at radius 2 is 1.92 bits per heavy atom. The van der Waals surface area contributed by atoms with Crippen LogP contribution in [0.25, 0.3) is 0 Å². The molecule has 0 aliphatic heterocycles. The maximum absolute atomic E-state index is 12.0.